The molecule has 0 unspecified atom stereocenters. The van der Waals surface area contributed by atoms with E-state index in [1.165, 1.54) is 6.82 Å². The molecule has 11 nitrogen and oxygen atoms in total. The second kappa shape index (κ2) is 8.55. The van der Waals surface area contributed by atoms with Gasteiger partial charge in [-0.3, -0.25) is 5.41 Å². The summed E-state index contributed by atoms with van der Waals surface area (Å²) in [5.41, 5.74) is -2.44. The van der Waals surface area contributed by atoms with Gasteiger partial charge in [-0.15, -0.1) is 0 Å². The molecule has 0 aliphatic carbocycles. The molecule has 14 heteroatoms. The molecule has 0 aliphatic rings. The van der Waals surface area contributed by atoms with Gasteiger partial charge >= 0.3 is 121 Å². The molecule has 2 N–H and O–H groups in total. The van der Waals surface area contributed by atoms with Crippen molar-refractivity contribution >= 4 is 32.8 Å². The summed E-state index contributed by atoms with van der Waals surface area (Å²) in [7, 11) is 5.97. The number of aromatic nitrogens is 2. The number of nitrogens with one attached hydrogen (secondary N) is 2. The maximum absolute atomic E-state index is 13.6. The molecule has 1 heterocycles. The van der Waals surface area contributed by atoms with Gasteiger partial charge in [0.1, 0.15) is 0 Å². The van der Waals surface area contributed by atoms with Crippen LogP contribution in [-0.2, 0) is 27.6 Å². The quantitative estimate of drug-likeness (QED) is 0.284. The first kappa shape index (κ1) is 19.0. The first-order valence-electron chi connectivity index (χ1n) is 6.23. The summed E-state index contributed by atoms with van der Waals surface area (Å²) < 4.78 is 18.6. The van der Waals surface area contributed by atoms with Gasteiger partial charge in [0.15, 0.2) is 7.85 Å². The van der Waals surface area contributed by atoms with Crippen LogP contribution in [0.15, 0.2) is 20.8 Å². The van der Waals surface area contributed by atoms with Crippen molar-refractivity contribution in [1.29, 1.82) is 5.41 Å². The molecule has 1 aromatic heterocycles. The Labute approximate surface area is 135 Å². The zero-order chi connectivity index (χ0) is 18.3. The Hall–Kier alpha value is -3.05. The molecule has 0 spiro atoms. The van der Waals surface area contributed by atoms with E-state index in [2.05, 4.69) is 14.6 Å². The topological polar surface area (TPSA) is 145 Å². The third-order valence-corrected chi connectivity index (χ3v) is 2.34. The van der Waals surface area contributed by atoms with E-state index in [-0.39, 0.29) is 4.57 Å². The molecule has 1 aromatic rings. The van der Waals surface area contributed by atoms with Gasteiger partial charge in [0.2, 0.25) is 0 Å². The standard InChI is InChI=1S/C10H10B2FN5O6/c1-12-16-24-6(19)3-18-7(20)5(13)2-17(10(18)22)4-15-9(21)23-8(11)14/h2,14H,3-4H2,1H3,(H,15,21). The molecule has 0 saturated heterocycles. The van der Waals surface area contributed by atoms with E-state index >= 15 is 0 Å². The summed E-state index contributed by atoms with van der Waals surface area (Å²) in [4.78, 5) is 50.5. The monoisotopic (exact) mass is 337 g/mol. The molecule has 124 valence electrons. The van der Waals surface area contributed by atoms with Crippen LogP contribution >= 0.6 is 0 Å². The minimum absolute atomic E-state index is 0.265. The zero-order valence-electron chi connectivity index (χ0n) is 12.3. The third kappa shape index (κ3) is 5.30. The predicted molar refractivity (Wildman–Crippen MR) is 78.2 cm³/mol. The molecule has 0 atom stereocenters. The number of carbonyl (C=O) groups is 2. The minimum atomic E-state index is -1.35. The second-order valence-electron chi connectivity index (χ2n) is 4.04. The second-order valence-corrected chi connectivity index (χ2v) is 4.04. The van der Waals surface area contributed by atoms with Crippen LogP contribution in [-0.4, -0.2) is 41.9 Å². The van der Waals surface area contributed by atoms with Gasteiger partial charge in [-0.1, -0.05) is 0 Å². The summed E-state index contributed by atoms with van der Waals surface area (Å²) in [5, 5.41) is 11.9. The van der Waals surface area contributed by atoms with Crippen LogP contribution in [0.25, 0.3) is 0 Å². The first-order chi connectivity index (χ1) is 11.3. The number of rotatable bonds is 5. The van der Waals surface area contributed by atoms with Crippen LogP contribution in [0.2, 0.25) is 6.82 Å². The van der Waals surface area contributed by atoms with Crippen LogP contribution in [0.4, 0.5) is 9.18 Å². The normalized spacial score (nSPS) is 10.1. The third-order valence-electron chi connectivity index (χ3n) is 2.34. The average molecular weight is 337 g/mol. The van der Waals surface area contributed by atoms with Gasteiger partial charge < -0.3 is 0 Å². The average Bonchev–Trinajstić information content (AvgIpc) is 2.51. The molecule has 1 amide bonds. The SMILES string of the molecule is [B]C(=N)OC(=O)NCn1cc(F)c(=O)n(CC(=O)ON=BC)c1=O. The van der Waals surface area contributed by atoms with E-state index in [1.54, 1.807) is 0 Å². The number of halogens is 1. The van der Waals surface area contributed by atoms with E-state index in [1.807, 2.05) is 5.32 Å². The molecule has 0 fully saturated rings. The van der Waals surface area contributed by atoms with Crippen molar-refractivity contribution in [3.63, 3.8) is 0 Å². The van der Waals surface area contributed by atoms with Crippen molar-refractivity contribution in [3.8, 4) is 0 Å². The van der Waals surface area contributed by atoms with Gasteiger partial charge in [0.05, 0.1) is 0 Å². The number of carbonyl (C=O) groups excluding carboxylic acids is 2. The Balaban J connectivity index is 3.02. The Morgan fingerprint density at radius 3 is 2.75 bits per heavy atom. The van der Waals surface area contributed by atoms with Crippen molar-refractivity contribution in [1.82, 2.24) is 14.5 Å². The van der Waals surface area contributed by atoms with Crippen LogP contribution in [0, 0.1) is 11.2 Å². The molecular formula is C10H10B2FN5O6. The first-order valence-corrected chi connectivity index (χ1v) is 6.23. The molecule has 0 aliphatic heterocycles. The van der Waals surface area contributed by atoms with Crippen molar-refractivity contribution in [2.24, 2.45) is 5.06 Å². The Morgan fingerprint density at radius 1 is 1.50 bits per heavy atom. The molecule has 24 heavy (non-hydrogen) atoms. The molecule has 2 radical (unpaired) electrons. The van der Waals surface area contributed by atoms with Gasteiger partial charge in [-0.25, -0.2) is 0 Å². The van der Waals surface area contributed by atoms with E-state index in [0.29, 0.717) is 10.8 Å². The number of amides is 1. The summed E-state index contributed by atoms with van der Waals surface area (Å²) >= 11 is 0. The van der Waals surface area contributed by atoms with Gasteiger partial charge in [0.25, 0.3) is 0 Å². The van der Waals surface area contributed by atoms with Gasteiger partial charge in [-0.05, 0) is 0 Å². The number of hydrogen-bond donors (Lipinski definition) is 2. The van der Waals surface area contributed by atoms with Crippen LogP contribution < -0.4 is 16.6 Å². The van der Waals surface area contributed by atoms with Crippen LogP contribution in [0.5, 0.6) is 0 Å². The fourth-order valence-corrected chi connectivity index (χ4v) is 1.43. The summed E-state index contributed by atoms with van der Waals surface area (Å²) in [6.07, 6.45) is -0.644. The molecule has 0 bridgehead atoms. The van der Waals surface area contributed by atoms with E-state index in [9.17, 15) is 23.6 Å². The molecule has 0 aromatic carbocycles. The summed E-state index contributed by atoms with van der Waals surface area (Å²) in [6, 6.07) is 0. The van der Waals surface area contributed by atoms with Crippen LogP contribution in [0.3, 0.4) is 0 Å². The number of nitrogens with zero attached hydrogens (tertiary/aromatic N) is 3. The van der Waals surface area contributed by atoms with Gasteiger partial charge in [0, 0.05) is 0 Å². The molecular weight excluding hydrogens is 327 g/mol. The fraction of sp³-hybridized carbons (Fsp3) is 0.300. The van der Waals surface area contributed by atoms with Crippen molar-refractivity contribution < 1.29 is 23.6 Å². The number of hydrogen-bond acceptors (Lipinski definition) is 8. The predicted octanol–water partition coefficient (Wildman–Crippen LogP) is -1.67. The Kier molecular flexibility index (Phi) is 6.77. The summed E-state index contributed by atoms with van der Waals surface area (Å²) in [6.45, 7) is -0.0324. The van der Waals surface area contributed by atoms with Crippen LogP contribution in [0.1, 0.15) is 0 Å². The number of alkyl carbamates (subject to hydrolysis) is 1. The summed E-state index contributed by atoms with van der Waals surface area (Å²) in [5.74, 6) is -3.31. The zero-order valence-corrected chi connectivity index (χ0v) is 12.3. The maximum atomic E-state index is 13.6. The van der Waals surface area contributed by atoms with E-state index in [0.717, 1.165) is 7.07 Å². The van der Waals surface area contributed by atoms with Gasteiger partial charge in [-0.2, -0.15) is 0 Å². The Morgan fingerprint density at radius 2 is 2.17 bits per heavy atom. The molecule has 1 rings (SSSR count). The Bertz CT molecular complexity index is 804. The fourth-order valence-electron chi connectivity index (χ4n) is 1.43. The van der Waals surface area contributed by atoms with E-state index in [4.69, 9.17) is 13.3 Å². The molecule has 0 saturated carbocycles. The number of ether oxygens (including phenoxy) is 1. The van der Waals surface area contributed by atoms with E-state index < -0.39 is 48.1 Å². The van der Waals surface area contributed by atoms with Crippen molar-refractivity contribution in [3.05, 3.63) is 32.9 Å². The van der Waals surface area contributed by atoms with Crippen molar-refractivity contribution in [2.75, 3.05) is 0 Å². The van der Waals surface area contributed by atoms with Crippen molar-refractivity contribution in [2.45, 2.75) is 20.0 Å².